The highest BCUT2D eigenvalue weighted by Crippen LogP contribution is 2.24. The maximum atomic E-state index is 13.2. The van der Waals surface area contributed by atoms with Crippen LogP contribution in [-0.4, -0.2) is 25.6 Å². The van der Waals surface area contributed by atoms with E-state index in [1.165, 1.54) is 17.0 Å². The van der Waals surface area contributed by atoms with E-state index >= 15 is 0 Å². The zero-order chi connectivity index (χ0) is 21.6. The van der Waals surface area contributed by atoms with Gasteiger partial charge in [0.05, 0.1) is 19.2 Å². The number of hydrogen-bond donors (Lipinski definition) is 2. The molecule has 0 aromatic heterocycles. The molecule has 0 bridgehead atoms. The van der Waals surface area contributed by atoms with Crippen LogP contribution in [0.25, 0.3) is 0 Å². The van der Waals surface area contributed by atoms with Crippen molar-refractivity contribution in [3.8, 4) is 5.75 Å². The minimum atomic E-state index is -0.236. The third kappa shape index (κ3) is 5.70. The summed E-state index contributed by atoms with van der Waals surface area (Å²) in [6.45, 7) is 1.11. The Labute approximate surface area is 182 Å². The summed E-state index contributed by atoms with van der Waals surface area (Å²) in [4.78, 5) is 14.3. The first-order chi connectivity index (χ1) is 15.1. The molecule has 1 aliphatic rings. The lowest BCUT2D eigenvalue weighted by atomic mass is 9.98. The van der Waals surface area contributed by atoms with Crippen molar-refractivity contribution in [3.05, 3.63) is 101 Å². The van der Waals surface area contributed by atoms with Crippen LogP contribution < -0.4 is 15.0 Å². The van der Waals surface area contributed by atoms with E-state index in [-0.39, 0.29) is 17.8 Å². The first-order valence-electron chi connectivity index (χ1n) is 10.7. The number of amides is 1. The van der Waals surface area contributed by atoms with Gasteiger partial charge in [-0.2, -0.15) is 0 Å². The van der Waals surface area contributed by atoms with Gasteiger partial charge in [0.2, 0.25) is 0 Å². The Kier molecular flexibility index (Phi) is 6.63. The number of carbonyl (C=O) groups excluding carboxylic acids is 1. The van der Waals surface area contributed by atoms with Crippen LogP contribution in [0.5, 0.6) is 5.75 Å². The standard InChI is InChI=1S/C26H27FN2O2/c1-31-24-15-9-21(10-16-24)26(20-5-3-2-4-6-20)28-25(30)18-29(23-13-14-23)17-19-7-11-22(27)12-8-19/h2-12,15-16,23,26H,13-14,17-18H2,1H3,(H,28,30)/p+1/t26-/m1/s1. The molecular weight excluding hydrogens is 391 g/mol. The molecule has 2 N–H and O–H groups in total. The molecule has 0 aliphatic heterocycles. The highest BCUT2D eigenvalue weighted by molar-refractivity contribution is 5.78. The van der Waals surface area contributed by atoms with Crippen LogP contribution in [0.2, 0.25) is 0 Å². The van der Waals surface area contributed by atoms with Crippen LogP contribution in [0.4, 0.5) is 4.39 Å². The molecule has 5 heteroatoms. The smallest absolute Gasteiger partial charge is 0.275 e. The van der Waals surface area contributed by atoms with Gasteiger partial charge in [-0.15, -0.1) is 0 Å². The van der Waals surface area contributed by atoms with Crippen LogP contribution >= 0.6 is 0 Å². The summed E-state index contributed by atoms with van der Waals surface area (Å²) < 4.78 is 18.5. The SMILES string of the molecule is COc1ccc([C@H](NC(=O)C[NH+](Cc2ccc(F)cc2)C2CC2)c2ccccc2)cc1. The molecule has 1 saturated carbocycles. The minimum Gasteiger partial charge on any atom is -0.497 e. The molecule has 0 radical (unpaired) electrons. The molecule has 0 saturated heterocycles. The van der Waals surface area contributed by atoms with Crippen molar-refractivity contribution in [2.75, 3.05) is 13.7 Å². The fraction of sp³-hybridized carbons (Fsp3) is 0.269. The molecule has 1 aliphatic carbocycles. The van der Waals surface area contributed by atoms with Crippen LogP contribution in [0, 0.1) is 5.82 Å². The van der Waals surface area contributed by atoms with Gasteiger partial charge in [-0.05, 0) is 35.4 Å². The Bertz CT molecular complexity index is 986. The third-order valence-corrected chi connectivity index (χ3v) is 5.77. The molecule has 4 nitrogen and oxygen atoms in total. The second-order valence-electron chi connectivity index (χ2n) is 8.10. The molecule has 160 valence electrons. The Hall–Kier alpha value is -3.18. The van der Waals surface area contributed by atoms with Crippen LogP contribution in [0.1, 0.15) is 35.6 Å². The molecule has 3 aromatic rings. The van der Waals surface area contributed by atoms with Crippen molar-refractivity contribution in [2.45, 2.75) is 31.5 Å². The zero-order valence-corrected chi connectivity index (χ0v) is 17.7. The van der Waals surface area contributed by atoms with Gasteiger partial charge in [-0.1, -0.05) is 54.6 Å². The second kappa shape index (κ2) is 9.75. The first kappa shape index (κ1) is 21.1. The quantitative estimate of drug-likeness (QED) is 0.559. The molecular formula is C26H28FN2O2+. The number of methoxy groups -OCH3 is 1. The predicted molar refractivity (Wildman–Crippen MR) is 118 cm³/mol. The van der Waals surface area contributed by atoms with E-state index in [0.29, 0.717) is 12.6 Å². The van der Waals surface area contributed by atoms with E-state index in [4.69, 9.17) is 4.74 Å². The number of halogens is 1. The van der Waals surface area contributed by atoms with Crippen LogP contribution in [0.3, 0.4) is 0 Å². The first-order valence-corrected chi connectivity index (χ1v) is 10.7. The molecule has 2 atom stereocenters. The largest absolute Gasteiger partial charge is 0.497 e. The molecule has 1 fully saturated rings. The molecule has 1 unspecified atom stereocenters. The molecule has 31 heavy (non-hydrogen) atoms. The van der Waals surface area contributed by atoms with Gasteiger partial charge in [0, 0.05) is 18.4 Å². The molecule has 3 aromatic carbocycles. The number of nitrogens with one attached hydrogen (secondary N) is 2. The topological polar surface area (TPSA) is 42.8 Å². The number of ether oxygens (including phenoxy) is 1. The van der Waals surface area contributed by atoms with Crippen molar-refractivity contribution in [3.63, 3.8) is 0 Å². The van der Waals surface area contributed by atoms with E-state index in [9.17, 15) is 9.18 Å². The number of benzene rings is 3. The van der Waals surface area contributed by atoms with Crippen LogP contribution in [0.15, 0.2) is 78.9 Å². The monoisotopic (exact) mass is 419 g/mol. The summed E-state index contributed by atoms with van der Waals surface area (Å²) in [5.41, 5.74) is 3.09. The van der Waals surface area contributed by atoms with Gasteiger partial charge in [-0.25, -0.2) is 4.39 Å². The summed E-state index contributed by atoms with van der Waals surface area (Å²) in [5, 5.41) is 3.23. The highest BCUT2D eigenvalue weighted by Gasteiger charge is 2.35. The van der Waals surface area contributed by atoms with Crippen molar-refractivity contribution in [1.29, 1.82) is 0 Å². The van der Waals surface area contributed by atoms with Gasteiger partial charge in [0.15, 0.2) is 6.54 Å². The highest BCUT2D eigenvalue weighted by atomic mass is 19.1. The summed E-state index contributed by atoms with van der Waals surface area (Å²) in [5.74, 6) is 0.555. The van der Waals surface area contributed by atoms with Crippen molar-refractivity contribution >= 4 is 5.91 Å². The third-order valence-electron chi connectivity index (χ3n) is 5.77. The molecule has 4 rings (SSSR count). The maximum Gasteiger partial charge on any atom is 0.275 e. The average Bonchev–Trinajstić information content (AvgIpc) is 3.65. The predicted octanol–water partition coefficient (Wildman–Crippen LogP) is 3.29. The van der Waals surface area contributed by atoms with Gasteiger partial charge < -0.3 is 15.0 Å². The summed E-state index contributed by atoms with van der Waals surface area (Å²) in [7, 11) is 1.64. The normalized spacial score (nSPS) is 15.2. The molecule has 0 spiro atoms. The lowest BCUT2D eigenvalue weighted by Crippen LogP contribution is -3.13. The number of rotatable bonds is 9. The maximum absolute atomic E-state index is 13.2. The number of carbonyl (C=O) groups is 1. The molecule has 0 heterocycles. The van der Waals surface area contributed by atoms with Gasteiger partial charge in [0.25, 0.3) is 5.91 Å². The van der Waals surface area contributed by atoms with Crippen molar-refractivity contribution in [1.82, 2.24) is 5.32 Å². The van der Waals surface area contributed by atoms with E-state index in [0.717, 1.165) is 41.8 Å². The van der Waals surface area contributed by atoms with Gasteiger partial charge in [-0.3, -0.25) is 4.79 Å². The fourth-order valence-corrected chi connectivity index (χ4v) is 3.93. The fourth-order valence-electron chi connectivity index (χ4n) is 3.93. The van der Waals surface area contributed by atoms with E-state index < -0.39 is 0 Å². The average molecular weight is 420 g/mol. The summed E-state index contributed by atoms with van der Waals surface area (Å²) >= 11 is 0. The lowest BCUT2D eigenvalue weighted by Gasteiger charge is -2.23. The van der Waals surface area contributed by atoms with Crippen LogP contribution in [-0.2, 0) is 11.3 Å². The Morgan fingerprint density at radius 3 is 2.26 bits per heavy atom. The summed E-state index contributed by atoms with van der Waals surface area (Å²) in [6.07, 6.45) is 2.26. The minimum absolute atomic E-state index is 0.00804. The summed E-state index contributed by atoms with van der Waals surface area (Å²) in [6, 6.07) is 24.6. The van der Waals surface area contributed by atoms with E-state index in [1.807, 2.05) is 54.6 Å². The molecule has 1 amide bonds. The zero-order valence-electron chi connectivity index (χ0n) is 17.7. The van der Waals surface area contributed by atoms with E-state index in [1.54, 1.807) is 19.2 Å². The van der Waals surface area contributed by atoms with Crippen molar-refractivity contribution < 1.29 is 18.8 Å². The lowest BCUT2D eigenvalue weighted by molar-refractivity contribution is -0.917. The van der Waals surface area contributed by atoms with E-state index in [2.05, 4.69) is 5.32 Å². The van der Waals surface area contributed by atoms with Crippen molar-refractivity contribution in [2.24, 2.45) is 0 Å². The number of quaternary nitrogens is 1. The Morgan fingerprint density at radius 1 is 1.00 bits per heavy atom. The Morgan fingerprint density at radius 2 is 1.65 bits per heavy atom. The van der Waals surface area contributed by atoms with Gasteiger partial charge in [0.1, 0.15) is 18.1 Å². The number of hydrogen-bond acceptors (Lipinski definition) is 2. The second-order valence-corrected chi connectivity index (χ2v) is 8.10. The van der Waals surface area contributed by atoms with Gasteiger partial charge >= 0.3 is 0 Å². The Balaban J connectivity index is 1.48.